The van der Waals surface area contributed by atoms with Crippen molar-refractivity contribution in [2.45, 2.75) is 24.7 Å². The molecule has 2 aromatic heterocycles. The van der Waals surface area contributed by atoms with Crippen LogP contribution in [0.1, 0.15) is 35.7 Å². The quantitative estimate of drug-likeness (QED) is 0.610. The highest BCUT2D eigenvalue weighted by atomic mass is 32.2. The Hall–Kier alpha value is -3.04. The van der Waals surface area contributed by atoms with Crippen LogP contribution < -0.4 is 0 Å². The van der Waals surface area contributed by atoms with Gasteiger partial charge in [-0.25, -0.2) is 18.4 Å². The summed E-state index contributed by atoms with van der Waals surface area (Å²) in [5, 5.41) is 0. The molecule has 0 N–H and O–H groups in total. The standard InChI is InChI=1S/C22H25N5O3S/c1-17(2)18-3-6-20(7-4-18)31(29,30)27-13-11-25(12-14-27)22(28)19-5-8-21(24-15-19)26-10-9-23-16-26/h3-10,15-17H,11-14H2,1-2H3. The van der Waals surface area contributed by atoms with Crippen LogP contribution in [0.25, 0.3) is 5.82 Å². The predicted octanol–water partition coefficient (Wildman–Crippen LogP) is 2.54. The summed E-state index contributed by atoms with van der Waals surface area (Å²) in [5.74, 6) is 0.867. The second-order valence-electron chi connectivity index (χ2n) is 7.80. The molecule has 1 aliphatic heterocycles. The Labute approximate surface area is 182 Å². The van der Waals surface area contributed by atoms with Crippen molar-refractivity contribution in [2.75, 3.05) is 26.2 Å². The molecule has 1 fully saturated rings. The van der Waals surface area contributed by atoms with E-state index >= 15 is 0 Å². The van der Waals surface area contributed by atoms with Crippen molar-refractivity contribution >= 4 is 15.9 Å². The van der Waals surface area contributed by atoms with Gasteiger partial charge in [-0.2, -0.15) is 4.31 Å². The Kier molecular flexibility index (Phi) is 5.88. The lowest BCUT2D eigenvalue weighted by Gasteiger charge is -2.34. The lowest BCUT2D eigenvalue weighted by Crippen LogP contribution is -2.50. The second-order valence-corrected chi connectivity index (χ2v) is 9.73. The summed E-state index contributed by atoms with van der Waals surface area (Å²) < 4.78 is 29.1. The summed E-state index contributed by atoms with van der Waals surface area (Å²) in [4.78, 5) is 23.1. The molecule has 31 heavy (non-hydrogen) atoms. The van der Waals surface area contributed by atoms with Gasteiger partial charge in [-0.05, 0) is 35.7 Å². The minimum Gasteiger partial charge on any atom is -0.336 e. The minimum absolute atomic E-state index is 0.150. The Morgan fingerprint density at radius 2 is 1.71 bits per heavy atom. The van der Waals surface area contributed by atoms with E-state index in [4.69, 9.17) is 0 Å². The van der Waals surface area contributed by atoms with E-state index in [0.717, 1.165) is 5.56 Å². The molecule has 0 spiro atoms. The fraction of sp³-hybridized carbons (Fsp3) is 0.318. The maximum atomic E-state index is 13.0. The van der Waals surface area contributed by atoms with E-state index < -0.39 is 10.0 Å². The molecule has 0 atom stereocenters. The molecule has 1 saturated heterocycles. The van der Waals surface area contributed by atoms with Gasteiger partial charge in [0.2, 0.25) is 10.0 Å². The van der Waals surface area contributed by atoms with Crippen LogP contribution in [0.2, 0.25) is 0 Å². The first-order chi connectivity index (χ1) is 14.9. The van der Waals surface area contributed by atoms with E-state index in [1.54, 1.807) is 52.5 Å². The fourth-order valence-corrected chi connectivity index (χ4v) is 4.97. The molecule has 9 heteroatoms. The third-order valence-electron chi connectivity index (χ3n) is 5.47. The molecule has 1 amide bonds. The summed E-state index contributed by atoms with van der Waals surface area (Å²) in [6.45, 7) is 5.35. The van der Waals surface area contributed by atoms with Crippen molar-refractivity contribution in [3.63, 3.8) is 0 Å². The Morgan fingerprint density at radius 3 is 2.26 bits per heavy atom. The third-order valence-corrected chi connectivity index (χ3v) is 7.39. The van der Waals surface area contributed by atoms with E-state index in [9.17, 15) is 13.2 Å². The SMILES string of the molecule is CC(C)c1ccc(S(=O)(=O)N2CCN(C(=O)c3ccc(-n4ccnc4)nc3)CC2)cc1. The molecule has 0 unspecified atom stereocenters. The van der Waals surface area contributed by atoms with Gasteiger partial charge < -0.3 is 4.90 Å². The molecule has 162 valence electrons. The lowest BCUT2D eigenvalue weighted by atomic mass is 10.0. The number of carbonyl (C=O) groups is 1. The molecule has 0 bridgehead atoms. The predicted molar refractivity (Wildman–Crippen MR) is 117 cm³/mol. The highest BCUT2D eigenvalue weighted by molar-refractivity contribution is 7.89. The van der Waals surface area contributed by atoms with Crippen LogP contribution >= 0.6 is 0 Å². The molecule has 1 aliphatic rings. The monoisotopic (exact) mass is 439 g/mol. The zero-order valence-corrected chi connectivity index (χ0v) is 18.4. The van der Waals surface area contributed by atoms with Crippen LogP contribution in [0.3, 0.4) is 0 Å². The van der Waals surface area contributed by atoms with Gasteiger partial charge in [0.05, 0.1) is 10.5 Å². The molecule has 3 heterocycles. The van der Waals surface area contributed by atoms with Crippen LogP contribution in [0.5, 0.6) is 0 Å². The van der Waals surface area contributed by atoms with Gasteiger partial charge in [0.15, 0.2) is 0 Å². The van der Waals surface area contributed by atoms with Crippen molar-refractivity contribution in [1.29, 1.82) is 0 Å². The lowest BCUT2D eigenvalue weighted by molar-refractivity contribution is 0.0697. The van der Waals surface area contributed by atoms with E-state index in [2.05, 4.69) is 23.8 Å². The van der Waals surface area contributed by atoms with Gasteiger partial charge >= 0.3 is 0 Å². The summed E-state index contributed by atoms with van der Waals surface area (Å²) in [7, 11) is -3.57. The third kappa shape index (κ3) is 4.38. The first kappa shape index (κ1) is 21.2. The second kappa shape index (κ2) is 8.60. The average Bonchev–Trinajstić information content (AvgIpc) is 3.34. The fourth-order valence-electron chi connectivity index (χ4n) is 3.55. The topological polar surface area (TPSA) is 88.4 Å². The number of sulfonamides is 1. The van der Waals surface area contributed by atoms with Gasteiger partial charge in [-0.1, -0.05) is 26.0 Å². The number of pyridine rings is 1. The number of benzene rings is 1. The summed E-state index contributed by atoms with van der Waals surface area (Å²) in [5.41, 5.74) is 1.58. The first-order valence-electron chi connectivity index (χ1n) is 10.2. The smallest absolute Gasteiger partial charge is 0.255 e. The first-order valence-corrected chi connectivity index (χ1v) is 11.6. The van der Waals surface area contributed by atoms with E-state index in [-0.39, 0.29) is 23.9 Å². The van der Waals surface area contributed by atoms with Crippen molar-refractivity contribution in [2.24, 2.45) is 0 Å². The molecule has 0 saturated carbocycles. The number of piperazine rings is 1. The number of hydrogen-bond donors (Lipinski definition) is 0. The number of nitrogens with zero attached hydrogens (tertiary/aromatic N) is 5. The summed E-state index contributed by atoms with van der Waals surface area (Å²) >= 11 is 0. The highest BCUT2D eigenvalue weighted by Gasteiger charge is 2.30. The molecule has 3 aromatic rings. The average molecular weight is 440 g/mol. The molecular weight excluding hydrogens is 414 g/mol. The van der Waals surface area contributed by atoms with E-state index in [0.29, 0.717) is 30.4 Å². The van der Waals surface area contributed by atoms with Crippen LogP contribution in [-0.2, 0) is 10.0 Å². The molecule has 0 radical (unpaired) electrons. The number of aromatic nitrogens is 3. The number of amides is 1. The number of hydrogen-bond acceptors (Lipinski definition) is 5. The van der Waals surface area contributed by atoms with Crippen LogP contribution in [0.4, 0.5) is 0 Å². The van der Waals surface area contributed by atoms with Crippen molar-refractivity contribution in [3.05, 3.63) is 72.4 Å². The van der Waals surface area contributed by atoms with Crippen LogP contribution in [0, 0.1) is 0 Å². The Morgan fingerprint density at radius 1 is 1.00 bits per heavy atom. The van der Waals surface area contributed by atoms with Gasteiger partial charge in [0.25, 0.3) is 5.91 Å². The molecule has 1 aromatic carbocycles. The van der Waals surface area contributed by atoms with Crippen LogP contribution in [-0.4, -0.2) is 64.2 Å². The zero-order chi connectivity index (χ0) is 22.0. The van der Waals surface area contributed by atoms with Crippen molar-refractivity contribution < 1.29 is 13.2 Å². The molecular formula is C22H25N5O3S. The van der Waals surface area contributed by atoms with Crippen LogP contribution in [0.15, 0.2) is 66.2 Å². The molecule has 4 rings (SSSR count). The summed E-state index contributed by atoms with van der Waals surface area (Å²) in [6, 6.07) is 10.5. The normalized spacial score (nSPS) is 15.4. The van der Waals surface area contributed by atoms with Gasteiger partial charge in [0.1, 0.15) is 12.1 Å². The minimum atomic E-state index is -3.57. The maximum absolute atomic E-state index is 13.0. The van der Waals surface area contributed by atoms with Gasteiger partial charge in [-0.15, -0.1) is 0 Å². The molecule has 8 nitrogen and oxygen atoms in total. The van der Waals surface area contributed by atoms with Crippen molar-refractivity contribution in [3.8, 4) is 5.82 Å². The maximum Gasteiger partial charge on any atom is 0.255 e. The van der Waals surface area contributed by atoms with E-state index in [1.165, 1.54) is 10.5 Å². The van der Waals surface area contributed by atoms with E-state index in [1.807, 2.05) is 12.1 Å². The van der Waals surface area contributed by atoms with Gasteiger partial charge in [0, 0.05) is 44.8 Å². The number of rotatable bonds is 5. The highest BCUT2D eigenvalue weighted by Crippen LogP contribution is 2.21. The Bertz CT molecular complexity index is 1130. The zero-order valence-electron chi connectivity index (χ0n) is 17.5. The van der Waals surface area contributed by atoms with Gasteiger partial charge in [-0.3, -0.25) is 9.36 Å². The summed E-state index contributed by atoms with van der Waals surface area (Å²) in [6.07, 6.45) is 6.61. The molecule has 0 aliphatic carbocycles. The number of carbonyl (C=O) groups excluding carboxylic acids is 1. The largest absolute Gasteiger partial charge is 0.336 e. The Balaban J connectivity index is 1.40. The van der Waals surface area contributed by atoms with Crippen molar-refractivity contribution in [1.82, 2.24) is 23.7 Å². The number of imidazole rings is 1.